The van der Waals surface area contributed by atoms with Gasteiger partial charge in [0.25, 0.3) is 0 Å². The summed E-state index contributed by atoms with van der Waals surface area (Å²) in [4.78, 5) is 8.51. The van der Waals surface area contributed by atoms with Crippen LogP contribution in [0.25, 0.3) is 22.7 Å². The highest BCUT2D eigenvalue weighted by Crippen LogP contribution is 2.22. The summed E-state index contributed by atoms with van der Waals surface area (Å²) in [6.07, 6.45) is 1.59. The fraction of sp³-hybridized carbons (Fsp3) is 0. The number of pyridine rings is 1. The van der Waals surface area contributed by atoms with Crippen molar-refractivity contribution in [3.05, 3.63) is 42.6 Å². The minimum Gasteiger partial charge on any atom is -0.435 e. The van der Waals surface area contributed by atoms with Gasteiger partial charge in [0.1, 0.15) is 11.2 Å². The van der Waals surface area contributed by atoms with Gasteiger partial charge in [-0.2, -0.15) is 0 Å². The Labute approximate surface area is 91.7 Å². The second-order valence-corrected chi connectivity index (χ2v) is 3.46. The normalized spacial score (nSPS) is 10.8. The molecule has 0 saturated carbocycles. The maximum absolute atomic E-state index is 5.58. The molecule has 0 aliphatic rings. The van der Waals surface area contributed by atoms with Crippen LogP contribution in [0.2, 0.25) is 0 Å². The third-order valence-corrected chi connectivity index (χ3v) is 2.30. The maximum atomic E-state index is 5.58. The number of fused-ring (bicyclic) bond motifs is 1. The van der Waals surface area contributed by atoms with Crippen LogP contribution in [-0.2, 0) is 0 Å². The summed E-state index contributed by atoms with van der Waals surface area (Å²) in [5, 5.41) is 0. The van der Waals surface area contributed by atoms with Gasteiger partial charge < -0.3 is 10.2 Å². The molecule has 0 aliphatic carbocycles. The van der Waals surface area contributed by atoms with Gasteiger partial charge in [-0.05, 0) is 24.3 Å². The first kappa shape index (κ1) is 8.91. The van der Waals surface area contributed by atoms with Gasteiger partial charge in [0, 0.05) is 0 Å². The molecule has 2 N–H and O–H groups in total. The number of aromatic nitrogens is 2. The summed E-state index contributed by atoms with van der Waals surface area (Å²) in [5.74, 6) is 0.515. The SMILES string of the molecule is Nc1ccc(-c2nc3ccccc3o2)nc1. The van der Waals surface area contributed by atoms with E-state index in [1.54, 1.807) is 18.3 Å². The van der Waals surface area contributed by atoms with E-state index in [9.17, 15) is 0 Å². The third-order valence-electron chi connectivity index (χ3n) is 2.30. The highest BCUT2D eigenvalue weighted by Gasteiger charge is 2.07. The van der Waals surface area contributed by atoms with E-state index in [0.717, 1.165) is 11.1 Å². The van der Waals surface area contributed by atoms with Crippen molar-refractivity contribution in [2.45, 2.75) is 0 Å². The first-order chi connectivity index (χ1) is 7.83. The van der Waals surface area contributed by atoms with Crippen LogP contribution < -0.4 is 5.73 Å². The molecule has 0 spiro atoms. The Bertz CT molecular complexity index is 595. The second-order valence-electron chi connectivity index (χ2n) is 3.46. The topological polar surface area (TPSA) is 64.9 Å². The number of hydrogen-bond acceptors (Lipinski definition) is 4. The van der Waals surface area contributed by atoms with Gasteiger partial charge in [-0.3, -0.25) is 0 Å². The summed E-state index contributed by atoms with van der Waals surface area (Å²) in [6, 6.07) is 11.2. The van der Waals surface area contributed by atoms with Crippen LogP contribution in [0.5, 0.6) is 0 Å². The molecule has 0 bridgehead atoms. The number of benzene rings is 1. The molecule has 3 aromatic rings. The number of hydrogen-bond donors (Lipinski definition) is 1. The van der Waals surface area contributed by atoms with Crippen molar-refractivity contribution in [3.8, 4) is 11.6 Å². The molecule has 2 heterocycles. The molecule has 4 nitrogen and oxygen atoms in total. The molecule has 4 heteroatoms. The van der Waals surface area contributed by atoms with Crippen molar-refractivity contribution in [1.82, 2.24) is 9.97 Å². The maximum Gasteiger partial charge on any atom is 0.246 e. The van der Waals surface area contributed by atoms with Crippen LogP contribution >= 0.6 is 0 Å². The van der Waals surface area contributed by atoms with Gasteiger partial charge in [-0.25, -0.2) is 9.97 Å². The minimum atomic E-state index is 0.515. The number of oxazole rings is 1. The number of nitrogens with two attached hydrogens (primary N) is 1. The van der Waals surface area contributed by atoms with Crippen molar-refractivity contribution >= 4 is 16.8 Å². The van der Waals surface area contributed by atoms with Gasteiger partial charge in [-0.1, -0.05) is 12.1 Å². The first-order valence-corrected chi connectivity index (χ1v) is 4.90. The zero-order valence-corrected chi connectivity index (χ0v) is 8.42. The van der Waals surface area contributed by atoms with Crippen molar-refractivity contribution < 1.29 is 4.42 Å². The Balaban J connectivity index is 2.15. The van der Waals surface area contributed by atoms with Gasteiger partial charge in [0.2, 0.25) is 5.89 Å². The van der Waals surface area contributed by atoms with E-state index in [4.69, 9.17) is 10.2 Å². The predicted molar refractivity (Wildman–Crippen MR) is 61.7 cm³/mol. The zero-order valence-electron chi connectivity index (χ0n) is 8.42. The molecule has 0 saturated heterocycles. The monoisotopic (exact) mass is 211 g/mol. The number of nitrogen functional groups attached to an aromatic ring is 1. The second kappa shape index (κ2) is 3.34. The fourth-order valence-corrected chi connectivity index (χ4v) is 1.51. The Morgan fingerprint density at radius 2 is 1.94 bits per heavy atom. The summed E-state index contributed by atoms with van der Waals surface area (Å²) in [6.45, 7) is 0. The van der Waals surface area contributed by atoms with E-state index >= 15 is 0 Å². The van der Waals surface area contributed by atoms with Gasteiger partial charge >= 0.3 is 0 Å². The zero-order chi connectivity index (χ0) is 11.0. The van der Waals surface area contributed by atoms with Crippen LogP contribution in [0, 0.1) is 0 Å². The van der Waals surface area contributed by atoms with Gasteiger partial charge in [-0.15, -0.1) is 0 Å². The molecule has 0 radical (unpaired) electrons. The lowest BCUT2D eigenvalue weighted by molar-refractivity contribution is 0.617. The predicted octanol–water partition coefficient (Wildman–Crippen LogP) is 2.47. The van der Waals surface area contributed by atoms with E-state index in [-0.39, 0.29) is 0 Å². The Morgan fingerprint density at radius 1 is 1.06 bits per heavy atom. The van der Waals surface area contributed by atoms with E-state index in [2.05, 4.69) is 9.97 Å². The van der Waals surface area contributed by atoms with E-state index in [1.165, 1.54) is 0 Å². The molecule has 0 amide bonds. The van der Waals surface area contributed by atoms with E-state index < -0.39 is 0 Å². The Kier molecular flexibility index (Phi) is 1.86. The molecule has 2 aromatic heterocycles. The molecule has 16 heavy (non-hydrogen) atoms. The molecule has 0 aliphatic heterocycles. The average Bonchev–Trinajstić information content (AvgIpc) is 2.73. The molecule has 1 aromatic carbocycles. The minimum absolute atomic E-state index is 0.515. The van der Waals surface area contributed by atoms with E-state index in [1.807, 2.05) is 24.3 Å². The summed E-state index contributed by atoms with van der Waals surface area (Å²) in [5.41, 5.74) is 8.47. The van der Waals surface area contributed by atoms with Gasteiger partial charge in [0.15, 0.2) is 5.58 Å². The highest BCUT2D eigenvalue weighted by molar-refractivity contribution is 5.75. The summed E-state index contributed by atoms with van der Waals surface area (Å²) >= 11 is 0. The average molecular weight is 211 g/mol. The van der Waals surface area contributed by atoms with Crippen LogP contribution in [-0.4, -0.2) is 9.97 Å². The van der Waals surface area contributed by atoms with Gasteiger partial charge in [0.05, 0.1) is 11.9 Å². The molecule has 0 unspecified atom stereocenters. The van der Waals surface area contributed by atoms with Crippen molar-refractivity contribution in [2.75, 3.05) is 5.73 Å². The van der Waals surface area contributed by atoms with Crippen molar-refractivity contribution in [1.29, 1.82) is 0 Å². The van der Waals surface area contributed by atoms with Crippen LogP contribution in [0.3, 0.4) is 0 Å². The highest BCUT2D eigenvalue weighted by atomic mass is 16.3. The third kappa shape index (κ3) is 1.40. The van der Waals surface area contributed by atoms with Crippen LogP contribution in [0.4, 0.5) is 5.69 Å². The van der Waals surface area contributed by atoms with Crippen molar-refractivity contribution in [2.24, 2.45) is 0 Å². The molecule has 3 rings (SSSR count). The Hall–Kier alpha value is -2.36. The largest absolute Gasteiger partial charge is 0.435 e. The smallest absolute Gasteiger partial charge is 0.246 e. The number of para-hydroxylation sites is 2. The fourth-order valence-electron chi connectivity index (χ4n) is 1.51. The molecule has 78 valence electrons. The number of anilines is 1. The standard InChI is InChI=1S/C12H9N3O/c13-8-5-6-10(14-7-8)12-15-9-3-1-2-4-11(9)16-12/h1-7H,13H2. The summed E-state index contributed by atoms with van der Waals surface area (Å²) < 4.78 is 5.58. The summed E-state index contributed by atoms with van der Waals surface area (Å²) in [7, 11) is 0. The quantitative estimate of drug-likeness (QED) is 0.671. The Morgan fingerprint density at radius 3 is 2.69 bits per heavy atom. The molecule has 0 fully saturated rings. The lowest BCUT2D eigenvalue weighted by atomic mass is 10.3. The van der Waals surface area contributed by atoms with E-state index in [0.29, 0.717) is 17.3 Å². The van der Waals surface area contributed by atoms with Crippen molar-refractivity contribution in [3.63, 3.8) is 0 Å². The lowest BCUT2D eigenvalue weighted by Gasteiger charge is -1.94. The lowest BCUT2D eigenvalue weighted by Crippen LogP contribution is -1.87. The first-order valence-electron chi connectivity index (χ1n) is 4.90. The van der Waals surface area contributed by atoms with Crippen LogP contribution in [0.1, 0.15) is 0 Å². The molecular weight excluding hydrogens is 202 g/mol. The van der Waals surface area contributed by atoms with Crippen LogP contribution in [0.15, 0.2) is 47.0 Å². The molecular formula is C12H9N3O. The number of nitrogens with zero attached hydrogens (tertiary/aromatic N) is 2. The number of rotatable bonds is 1. The molecule has 0 atom stereocenters.